The second-order valence-corrected chi connectivity index (χ2v) is 5.80. The maximum Gasteiger partial charge on any atom is 0.304 e. The molecule has 3 unspecified atom stereocenters. The largest absolute Gasteiger partial charge is 0.481 e. The first-order valence-electron chi connectivity index (χ1n) is 5.55. The second kappa shape index (κ2) is 4.56. The molecule has 0 aromatic rings. The highest BCUT2D eigenvalue weighted by Gasteiger charge is 2.38. The van der Waals surface area contributed by atoms with Crippen molar-refractivity contribution < 1.29 is 9.90 Å². The minimum atomic E-state index is -0.662. The van der Waals surface area contributed by atoms with Gasteiger partial charge in [0.25, 0.3) is 0 Å². The summed E-state index contributed by atoms with van der Waals surface area (Å²) in [6.07, 6.45) is 6.11. The number of thioether (sulfide) groups is 1. The Morgan fingerprint density at radius 3 is 2.79 bits per heavy atom. The van der Waals surface area contributed by atoms with Gasteiger partial charge in [0.1, 0.15) is 0 Å². The molecular formula is C11H18O2S. The van der Waals surface area contributed by atoms with Gasteiger partial charge in [-0.05, 0) is 42.8 Å². The first-order valence-corrected chi connectivity index (χ1v) is 6.70. The predicted molar refractivity (Wildman–Crippen MR) is 58.5 cm³/mol. The van der Waals surface area contributed by atoms with E-state index in [1.54, 1.807) is 0 Å². The molecule has 2 bridgehead atoms. The summed E-state index contributed by atoms with van der Waals surface area (Å²) in [7, 11) is 0. The van der Waals surface area contributed by atoms with Crippen LogP contribution < -0.4 is 0 Å². The van der Waals surface area contributed by atoms with Gasteiger partial charge in [-0.15, -0.1) is 0 Å². The topological polar surface area (TPSA) is 37.3 Å². The van der Waals surface area contributed by atoms with Crippen LogP contribution in [-0.2, 0) is 4.79 Å². The maximum atomic E-state index is 10.3. The van der Waals surface area contributed by atoms with E-state index in [2.05, 4.69) is 0 Å². The molecule has 0 aliphatic heterocycles. The zero-order valence-electron chi connectivity index (χ0n) is 8.45. The Morgan fingerprint density at radius 2 is 2.21 bits per heavy atom. The van der Waals surface area contributed by atoms with E-state index in [0.717, 1.165) is 23.5 Å². The van der Waals surface area contributed by atoms with Crippen molar-refractivity contribution in [2.45, 2.75) is 32.1 Å². The lowest BCUT2D eigenvalue weighted by molar-refractivity contribution is -0.136. The molecule has 14 heavy (non-hydrogen) atoms. The lowest BCUT2D eigenvalue weighted by Gasteiger charge is -2.20. The molecule has 3 heteroatoms. The summed E-state index contributed by atoms with van der Waals surface area (Å²) in [6, 6.07) is 0. The normalized spacial score (nSPS) is 35.0. The van der Waals surface area contributed by atoms with Crippen molar-refractivity contribution in [1.82, 2.24) is 0 Å². The van der Waals surface area contributed by atoms with E-state index in [1.165, 1.54) is 31.4 Å². The highest BCUT2D eigenvalue weighted by molar-refractivity contribution is 7.99. The highest BCUT2D eigenvalue weighted by Crippen LogP contribution is 2.49. The molecule has 2 aliphatic carbocycles. The molecular weight excluding hydrogens is 196 g/mol. The van der Waals surface area contributed by atoms with Crippen molar-refractivity contribution in [2.75, 3.05) is 11.5 Å². The first-order chi connectivity index (χ1) is 6.75. The number of hydrogen-bond donors (Lipinski definition) is 1. The molecule has 2 nitrogen and oxygen atoms in total. The molecule has 0 aromatic heterocycles. The van der Waals surface area contributed by atoms with Gasteiger partial charge in [0, 0.05) is 5.75 Å². The van der Waals surface area contributed by atoms with Gasteiger partial charge in [-0.2, -0.15) is 11.8 Å². The third-order valence-electron chi connectivity index (χ3n) is 3.68. The third kappa shape index (κ3) is 2.44. The number of carbonyl (C=O) groups is 1. The molecule has 2 aliphatic rings. The van der Waals surface area contributed by atoms with Gasteiger partial charge in [-0.3, -0.25) is 4.79 Å². The molecule has 0 aromatic carbocycles. The van der Waals surface area contributed by atoms with Crippen molar-refractivity contribution in [2.24, 2.45) is 17.8 Å². The van der Waals surface area contributed by atoms with Gasteiger partial charge in [0.15, 0.2) is 0 Å². The van der Waals surface area contributed by atoms with Crippen LogP contribution in [0.1, 0.15) is 32.1 Å². The van der Waals surface area contributed by atoms with Crippen LogP contribution in [-0.4, -0.2) is 22.6 Å². The Morgan fingerprint density at radius 1 is 1.36 bits per heavy atom. The lowest BCUT2D eigenvalue weighted by atomic mass is 9.90. The Hall–Kier alpha value is -0.180. The van der Waals surface area contributed by atoms with E-state index < -0.39 is 5.97 Å². The van der Waals surface area contributed by atoms with Crippen molar-refractivity contribution in [3.8, 4) is 0 Å². The van der Waals surface area contributed by atoms with Gasteiger partial charge in [-0.25, -0.2) is 0 Å². The number of carboxylic acids is 1. The minimum absolute atomic E-state index is 0.325. The summed E-state index contributed by atoms with van der Waals surface area (Å²) in [4.78, 5) is 10.3. The maximum absolute atomic E-state index is 10.3. The van der Waals surface area contributed by atoms with Gasteiger partial charge < -0.3 is 5.11 Å². The molecule has 2 saturated carbocycles. The number of rotatable bonds is 5. The summed E-state index contributed by atoms with van der Waals surface area (Å²) < 4.78 is 0. The van der Waals surface area contributed by atoms with E-state index in [4.69, 9.17) is 5.11 Å². The minimum Gasteiger partial charge on any atom is -0.481 e. The number of aliphatic carboxylic acids is 1. The molecule has 0 radical (unpaired) electrons. The molecule has 80 valence electrons. The Balaban J connectivity index is 1.60. The quantitative estimate of drug-likeness (QED) is 0.715. The second-order valence-electron chi connectivity index (χ2n) is 4.65. The van der Waals surface area contributed by atoms with E-state index in [-0.39, 0.29) is 0 Å². The van der Waals surface area contributed by atoms with E-state index >= 15 is 0 Å². The first kappa shape index (κ1) is 10.3. The van der Waals surface area contributed by atoms with Crippen LogP contribution in [0.4, 0.5) is 0 Å². The van der Waals surface area contributed by atoms with Gasteiger partial charge in [0.05, 0.1) is 6.42 Å². The van der Waals surface area contributed by atoms with Crippen molar-refractivity contribution >= 4 is 17.7 Å². The van der Waals surface area contributed by atoms with E-state index in [0.29, 0.717) is 6.42 Å². The van der Waals surface area contributed by atoms with Crippen LogP contribution >= 0.6 is 11.8 Å². The fourth-order valence-electron chi connectivity index (χ4n) is 2.97. The smallest absolute Gasteiger partial charge is 0.304 e. The molecule has 0 heterocycles. The molecule has 2 fully saturated rings. The molecule has 2 rings (SSSR count). The fourth-order valence-corrected chi connectivity index (χ4v) is 4.17. The zero-order valence-corrected chi connectivity index (χ0v) is 9.26. The van der Waals surface area contributed by atoms with Crippen molar-refractivity contribution in [3.05, 3.63) is 0 Å². The highest BCUT2D eigenvalue weighted by atomic mass is 32.2. The van der Waals surface area contributed by atoms with Crippen LogP contribution in [0.5, 0.6) is 0 Å². The molecule has 0 saturated heterocycles. The Kier molecular flexibility index (Phi) is 3.37. The van der Waals surface area contributed by atoms with Crippen molar-refractivity contribution in [1.29, 1.82) is 0 Å². The van der Waals surface area contributed by atoms with Crippen molar-refractivity contribution in [3.63, 3.8) is 0 Å². The standard InChI is InChI=1S/C11H18O2S/c12-11(13)3-4-14-7-10-6-8-1-2-9(10)5-8/h8-10H,1-7H2,(H,12,13). The summed E-state index contributed by atoms with van der Waals surface area (Å²) in [5, 5.41) is 8.50. The Labute approximate surface area is 89.5 Å². The SMILES string of the molecule is O=C(O)CCSCC1CC2CCC1C2. The summed E-state index contributed by atoms with van der Waals surface area (Å²) in [5.41, 5.74) is 0. The van der Waals surface area contributed by atoms with Gasteiger partial charge >= 0.3 is 5.97 Å². The van der Waals surface area contributed by atoms with Crippen LogP contribution in [0, 0.1) is 17.8 Å². The van der Waals surface area contributed by atoms with Crippen LogP contribution in [0.3, 0.4) is 0 Å². The van der Waals surface area contributed by atoms with Crippen LogP contribution in [0.25, 0.3) is 0 Å². The predicted octanol–water partition coefficient (Wildman–Crippen LogP) is 2.63. The monoisotopic (exact) mass is 214 g/mol. The third-order valence-corrected chi connectivity index (χ3v) is 4.83. The summed E-state index contributed by atoms with van der Waals surface area (Å²) in [5.74, 6) is 4.25. The number of hydrogen-bond acceptors (Lipinski definition) is 2. The van der Waals surface area contributed by atoms with Gasteiger partial charge in [0.2, 0.25) is 0 Å². The molecule has 1 N–H and O–H groups in total. The summed E-state index contributed by atoms with van der Waals surface area (Å²) >= 11 is 1.84. The average molecular weight is 214 g/mol. The Bertz CT molecular complexity index is 217. The van der Waals surface area contributed by atoms with E-state index in [1.807, 2.05) is 11.8 Å². The fraction of sp³-hybridized carbons (Fsp3) is 0.909. The average Bonchev–Trinajstić information content (AvgIpc) is 2.73. The molecule has 0 spiro atoms. The molecule has 3 atom stereocenters. The number of carboxylic acid groups (broad SMARTS) is 1. The number of fused-ring (bicyclic) bond motifs is 2. The summed E-state index contributed by atoms with van der Waals surface area (Å²) in [6.45, 7) is 0. The zero-order chi connectivity index (χ0) is 9.97. The van der Waals surface area contributed by atoms with E-state index in [9.17, 15) is 4.79 Å². The van der Waals surface area contributed by atoms with Gasteiger partial charge in [-0.1, -0.05) is 6.42 Å². The molecule has 0 amide bonds. The van der Waals surface area contributed by atoms with Crippen LogP contribution in [0.15, 0.2) is 0 Å². The lowest BCUT2D eigenvalue weighted by Crippen LogP contribution is -2.13. The van der Waals surface area contributed by atoms with Crippen LogP contribution in [0.2, 0.25) is 0 Å².